The Morgan fingerprint density at radius 1 is 1.07 bits per heavy atom. The number of rotatable bonds is 4. The van der Waals surface area contributed by atoms with E-state index in [2.05, 4.69) is 15.3 Å². The number of oxazole rings is 1. The fraction of sp³-hybridized carbons (Fsp3) is 0.0500. The van der Waals surface area contributed by atoms with Crippen LogP contribution in [0.25, 0.3) is 22.6 Å². The molecule has 0 atom stereocenters. The van der Waals surface area contributed by atoms with Crippen LogP contribution in [0.5, 0.6) is 5.88 Å². The first-order valence-electron chi connectivity index (χ1n) is 8.20. The van der Waals surface area contributed by atoms with E-state index in [1.54, 1.807) is 48.5 Å². The molecule has 1 amide bonds. The summed E-state index contributed by atoms with van der Waals surface area (Å²) in [5.74, 6) is 0.545. The molecule has 1 N–H and O–H groups in total. The average molecular weight is 414 g/mol. The SMILES string of the molecule is COc1ccc(NC(=O)c2ccc3nc(-c4cc(Cl)cc(Cl)c4)oc3c2)cn1. The van der Waals surface area contributed by atoms with Gasteiger partial charge in [0.25, 0.3) is 5.91 Å². The van der Waals surface area contributed by atoms with Crippen LogP contribution in [-0.4, -0.2) is 23.0 Å². The highest BCUT2D eigenvalue weighted by Crippen LogP contribution is 2.29. The number of carbonyl (C=O) groups excluding carboxylic acids is 1. The third kappa shape index (κ3) is 3.78. The van der Waals surface area contributed by atoms with Crippen molar-refractivity contribution in [3.8, 4) is 17.3 Å². The van der Waals surface area contributed by atoms with Crippen molar-refractivity contribution in [2.45, 2.75) is 0 Å². The number of carbonyl (C=O) groups is 1. The van der Waals surface area contributed by atoms with Crippen LogP contribution in [0.3, 0.4) is 0 Å². The number of nitrogens with one attached hydrogen (secondary N) is 1. The first-order valence-corrected chi connectivity index (χ1v) is 8.96. The van der Waals surface area contributed by atoms with Gasteiger partial charge in [0, 0.05) is 27.2 Å². The smallest absolute Gasteiger partial charge is 0.255 e. The Hall–Kier alpha value is -3.09. The maximum absolute atomic E-state index is 12.5. The second kappa shape index (κ2) is 7.50. The van der Waals surface area contributed by atoms with Gasteiger partial charge in [0.05, 0.1) is 19.0 Å². The molecule has 0 spiro atoms. The van der Waals surface area contributed by atoms with E-state index >= 15 is 0 Å². The number of benzene rings is 2. The highest BCUT2D eigenvalue weighted by Gasteiger charge is 2.13. The Bertz CT molecular complexity index is 1150. The number of pyridine rings is 1. The molecule has 8 heteroatoms. The van der Waals surface area contributed by atoms with Crippen LogP contribution < -0.4 is 10.1 Å². The van der Waals surface area contributed by atoms with Crippen molar-refractivity contribution in [3.05, 3.63) is 70.3 Å². The van der Waals surface area contributed by atoms with E-state index in [0.717, 1.165) is 0 Å². The molecule has 0 saturated carbocycles. The molecular weight excluding hydrogens is 401 g/mol. The number of methoxy groups -OCH3 is 1. The van der Waals surface area contributed by atoms with Gasteiger partial charge >= 0.3 is 0 Å². The molecule has 2 aromatic carbocycles. The van der Waals surface area contributed by atoms with Crippen molar-refractivity contribution in [3.63, 3.8) is 0 Å². The van der Waals surface area contributed by atoms with Gasteiger partial charge in [0.1, 0.15) is 5.52 Å². The fourth-order valence-electron chi connectivity index (χ4n) is 2.64. The zero-order valence-corrected chi connectivity index (χ0v) is 16.1. The Labute approximate surface area is 170 Å². The highest BCUT2D eigenvalue weighted by molar-refractivity contribution is 6.35. The third-order valence-electron chi connectivity index (χ3n) is 3.96. The quantitative estimate of drug-likeness (QED) is 0.480. The standard InChI is InChI=1S/C20H13Cl2N3O3/c1-27-18-5-3-15(10-23-18)24-19(26)11-2-4-16-17(8-11)28-20(25-16)12-6-13(21)9-14(22)7-12/h2-10H,1H3,(H,24,26). The zero-order chi connectivity index (χ0) is 19.7. The lowest BCUT2D eigenvalue weighted by Crippen LogP contribution is -2.11. The second-order valence-electron chi connectivity index (χ2n) is 5.90. The van der Waals surface area contributed by atoms with Crippen LogP contribution >= 0.6 is 23.2 Å². The lowest BCUT2D eigenvalue weighted by molar-refractivity contribution is 0.102. The van der Waals surface area contributed by atoms with Crippen molar-refractivity contribution in [2.24, 2.45) is 0 Å². The third-order valence-corrected chi connectivity index (χ3v) is 4.40. The molecule has 0 fully saturated rings. The van der Waals surface area contributed by atoms with Gasteiger partial charge in [-0.15, -0.1) is 0 Å². The van der Waals surface area contributed by atoms with Crippen LogP contribution in [0, 0.1) is 0 Å². The summed E-state index contributed by atoms with van der Waals surface area (Å²) >= 11 is 12.1. The average Bonchev–Trinajstić information content (AvgIpc) is 3.11. The lowest BCUT2D eigenvalue weighted by Gasteiger charge is -2.05. The molecule has 0 bridgehead atoms. The highest BCUT2D eigenvalue weighted by atomic mass is 35.5. The van der Waals surface area contributed by atoms with E-state index in [0.29, 0.717) is 49.7 Å². The van der Waals surface area contributed by atoms with Gasteiger partial charge in [-0.25, -0.2) is 9.97 Å². The first-order chi connectivity index (χ1) is 13.5. The number of aromatic nitrogens is 2. The number of halogens is 2. The zero-order valence-electron chi connectivity index (χ0n) is 14.6. The molecule has 140 valence electrons. The van der Waals surface area contributed by atoms with Crippen LogP contribution in [0.15, 0.2) is 59.1 Å². The van der Waals surface area contributed by atoms with E-state index in [-0.39, 0.29) is 5.91 Å². The van der Waals surface area contributed by atoms with E-state index in [4.69, 9.17) is 32.4 Å². The summed E-state index contributed by atoms with van der Waals surface area (Å²) < 4.78 is 10.8. The first kappa shape index (κ1) is 18.3. The summed E-state index contributed by atoms with van der Waals surface area (Å²) in [6.07, 6.45) is 1.52. The van der Waals surface area contributed by atoms with Crippen molar-refractivity contribution in [1.29, 1.82) is 0 Å². The molecule has 0 unspecified atom stereocenters. The monoisotopic (exact) mass is 413 g/mol. The summed E-state index contributed by atoms with van der Waals surface area (Å²) in [6.45, 7) is 0. The van der Waals surface area contributed by atoms with Crippen molar-refractivity contribution >= 4 is 45.9 Å². The predicted octanol–water partition coefficient (Wildman–Crippen LogP) is 5.46. The number of ether oxygens (including phenoxy) is 1. The molecule has 2 heterocycles. The summed E-state index contributed by atoms with van der Waals surface area (Å²) in [4.78, 5) is 21.0. The molecule has 28 heavy (non-hydrogen) atoms. The topological polar surface area (TPSA) is 77.2 Å². The summed E-state index contributed by atoms with van der Waals surface area (Å²) in [5.41, 5.74) is 2.73. The van der Waals surface area contributed by atoms with Crippen molar-refractivity contribution < 1.29 is 13.9 Å². The Balaban J connectivity index is 1.61. The van der Waals surface area contributed by atoms with E-state index in [9.17, 15) is 4.79 Å². The maximum Gasteiger partial charge on any atom is 0.255 e. The van der Waals surface area contributed by atoms with Gasteiger partial charge in [-0.2, -0.15) is 0 Å². The number of amides is 1. The molecular formula is C20H13Cl2N3O3. The Kier molecular flexibility index (Phi) is 4.90. The van der Waals surface area contributed by atoms with Crippen LogP contribution in [-0.2, 0) is 0 Å². The minimum Gasteiger partial charge on any atom is -0.481 e. The molecule has 0 aliphatic carbocycles. The van der Waals surface area contributed by atoms with Crippen LogP contribution in [0.2, 0.25) is 10.0 Å². The number of hydrogen-bond acceptors (Lipinski definition) is 5. The van der Waals surface area contributed by atoms with Gasteiger partial charge in [-0.3, -0.25) is 4.79 Å². The molecule has 0 saturated heterocycles. The molecule has 4 aromatic rings. The van der Waals surface area contributed by atoms with Crippen LogP contribution in [0.4, 0.5) is 5.69 Å². The Morgan fingerprint density at radius 3 is 2.54 bits per heavy atom. The number of fused-ring (bicyclic) bond motifs is 1. The van der Waals surface area contributed by atoms with Gasteiger partial charge in [0.15, 0.2) is 5.58 Å². The number of anilines is 1. The minimum atomic E-state index is -0.294. The molecule has 2 aromatic heterocycles. The van der Waals surface area contributed by atoms with Gasteiger partial charge in [0.2, 0.25) is 11.8 Å². The summed E-state index contributed by atoms with van der Waals surface area (Å²) in [5, 5.41) is 3.74. The molecule has 0 aliphatic rings. The lowest BCUT2D eigenvalue weighted by atomic mass is 10.2. The van der Waals surface area contributed by atoms with Gasteiger partial charge < -0.3 is 14.5 Å². The molecule has 0 radical (unpaired) electrons. The Morgan fingerprint density at radius 2 is 1.86 bits per heavy atom. The predicted molar refractivity (Wildman–Crippen MR) is 108 cm³/mol. The van der Waals surface area contributed by atoms with E-state index < -0.39 is 0 Å². The van der Waals surface area contributed by atoms with Crippen molar-refractivity contribution in [1.82, 2.24) is 9.97 Å². The summed E-state index contributed by atoms with van der Waals surface area (Å²) in [6, 6.07) is 13.4. The fourth-order valence-corrected chi connectivity index (χ4v) is 3.17. The molecule has 0 aliphatic heterocycles. The molecule has 6 nitrogen and oxygen atoms in total. The second-order valence-corrected chi connectivity index (χ2v) is 6.78. The summed E-state index contributed by atoms with van der Waals surface area (Å²) in [7, 11) is 1.53. The number of nitrogens with zero attached hydrogens (tertiary/aromatic N) is 2. The minimum absolute atomic E-state index is 0.294. The normalized spacial score (nSPS) is 10.8. The van der Waals surface area contributed by atoms with Gasteiger partial charge in [-0.1, -0.05) is 23.2 Å². The van der Waals surface area contributed by atoms with Crippen LogP contribution in [0.1, 0.15) is 10.4 Å². The maximum atomic E-state index is 12.5. The van der Waals surface area contributed by atoms with Gasteiger partial charge in [-0.05, 0) is 42.5 Å². The number of hydrogen-bond donors (Lipinski definition) is 1. The van der Waals surface area contributed by atoms with E-state index in [1.165, 1.54) is 13.3 Å². The van der Waals surface area contributed by atoms with E-state index in [1.807, 2.05) is 0 Å². The molecule has 4 rings (SSSR count). The largest absolute Gasteiger partial charge is 0.481 e. The van der Waals surface area contributed by atoms with Crippen molar-refractivity contribution in [2.75, 3.05) is 12.4 Å².